The lowest BCUT2D eigenvalue weighted by molar-refractivity contribution is -0.128. The molecule has 0 heterocycles. The second kappa shape index (κ2) is 5.50. The standard InChI is InChI=1S/C21H27NO2/c23-20(13-24-19-5-4-17-2-1-3-18(17)9-19)22-21-10-14-6-15(11-21)8-16(7-14)12-21/h4-5,9,14-16H,1-3,6-8,10-13H2,(H,22,23). The van der Waals surface area contributed by atoms with Gasteiger partial charge in [-0.05, 0) is 98.8 Å². The van der Waals surface area contributed by atoms with E-state index in [-0.39, 0.29) is 18.1 Å². The Morgan fingerprint density at radius 3 is 2.42 bits per heavy atom. The molecule has 24 heavy (non-hydrogen) atoms. The van der Waals surface area contributed by atoms with Crippen LogP contribution in [-0.4, -0.2) is 18.1 Å². The Kier molecular flexibility index (Phi) is 3.39. The first-order valence-corrected chi connectivity index (χ1v) is 9.73. The second-order valence-electron chi connectivity index (χ2n) is 8.82. The number of hydrogen-bond donors (Lipinski definition) is 1. The van der Waals surface area contributed by atoms with Crippen LogP contribution in [0, 0.1) is 17.8 Å². The molecule has 5 aliphatic carbocycles. The van der Waals surface area contributed by atoms with Crippen LogP contribution in [0.2, 0.25) is 0 Å². The summed E-state index contributed by atoms with van der Waals surface area (Å²) in [5.74, 6) is 3.48. The van der Waals surface area contributed by atoms with E-state index in [9.17, 15) is 4.79 Å². The predicted octanol–water partition coefficient (Wildman–Crippen LogP) is 3.64. The van der Waals surface area contributed by atoms with Crippen LogP contribution in [0.3, 0.4) is 0 Å². The second-order valence-corrected chi connectivity index (χ2v) is 8.82. The number of benzene rings is 1. The smallest absolute Gasteiger partial charge is 0.258 e. The van der Waals surface area contributed by atoms with E-state index in [1.807, 2.05) is 6.07 Å². The summed E-state index contributed by atoms with van der Waals surface area (Å²) in [7, 11) is 0. The molecule has 0 aromatic heterocycles. The van der Waals surface area contributed by atoms with Crippen LogP contribution < -0.4 is 10.1 Å². The molecule has 0 spiro atoms. The number of aryl methyl sites for hydroxylation is 2. The highest BCUT2D eigenvalue weighted by Crippen LogP contribution is 2.55. The number of ether oxygens (including phenoxy) is 1. The number of fused-ring (bicyclic) bond motifs is 1. The third-order valence-corrected chi connectivity index (χ3v) is 6.88. The molecule has 1 aromatic rings. The highest BCUT2D eigenvalue weighted by molar-refractivity contribution is 5.78. The van der Waals surface area contributed by atoms with Crippen LogP contribution in [0.4, 0.5) is 0 Å². The average molecular weight is 325 g/mol. The Morgan fingerprint density at radius 2 is 1.71 bits per heavy atom. The lowest BCUT2D eigenvalue weighted by Crippen LogP contribution is -2.60. The fourth-order valence-corrected chi connectivity index (χ4v) is 6.38. The quantitative estimate of drug-likeness (QED) is 0.918. The minimum atomic E-state index is 0.0671. The van der Waals surface area contributed by atoms with Gasteiger partial charge < -0.3 is 10.1 Å². The van der Waals surface area contributed by atoms with Crippen LogP contribution in [-0.2, 0) is 17.6 Å². The maximum atomic E-state index is 12.5. The Hall–Kier alpha value is -1.51. The van der Waals surface area contributed by atoms with Gasteiger partial charge in [0.1, 0.15) is 5.75 Å². The van der Waals surface area contributed by atoms with E-state index in [2.05, 4.69) is 17.4 Å². The maximum absolute atomic E-state index is 12.5. The van der Waals surface area contributed by atoms with Gasteiger partial charge in [0.15, 0.2) is 6.61 Å². The van der Waals surface area contributed by atoms with Gasteiger partial charge in [0.2, 0.25) is 0 Å². The summed E-state index contributed by atoms with van der Waals surface area (Å²) >= 11 is 0. The highest BCUT2D eigenvalue weighted by atomic mass is 16.5. The van der Waals surface area contributed by atoms with E-state index in [0.29, 0.717) is 0 Å². The molecule has 0 atom stereocenters. The average Bonchev–Trinajstić information content (AvgIpc) is 2.98. The van der Waals surface area contributed by atoms with Gasteiger partial charge in [-0.2, -0.15) is 0 Å². The van der Waals surface area contributed by atoms with Crippen molar-refractivity contribution in [1.82, 2.24) is 5.32 Å². The number of carbonyl (C=O) groups excluding carboxylic acids is 1. The topological polar surface area (TPSA) is 38.3 Å². The minimum absolute atomic E-state index is 0.0671. The molecule has 1 amide bonds. The van der Waals surface area contributed by atoms with Crippen molar-refractivity contribution in [2.75, 3.05) is 6.61 Å². The number of nitrogens with one attached hydrogen (secondary N) is 1. The van der Waals surface area contributed by atoms with Crippen molar-refractivity contribution in [3.05, 3.63) is 29.3 Å². The monoisotopic (exact) mass is 325 g/mol. The van der Waals surface area contributed by atoms with Crippen molar-refractivity contribution < 1.29 is 9.53 Å². The van der Waals surface area contributed by atoms with Gasteiger partial charge in [-0.15, -0.1) is 0 Å². The molecule has 4 fully saturated rings. The van der Waals surface area contributed by atoms with Gasteiger partial charge in [0.05, 0.1) is 0 Å². The Bertz CT molecular complexity index is 631. The fraction of sp³-hybridized carbons (Fsp3) is 0.667. The molecule has 0 radical (unpaired) electrons. The van der Waals surface area contributed by atoms with E-state index in [0.717, 1.165) is 29.9 Å². The SMILES string of the molecule is O=C(COc1ccc2c(c1)CCC2)NC12CC3CC(CC(C3)C1)C2. The van der Waals surface area contributed by atoms with Crippen molar-refractivity contribution in [3.63, 3.8) is 0 Å². The summed E-state index contributed by atoms with van der Waals surface area (Å²) in [6.45, 7) is 0.153. The molecule has 4 bridgehead atoms. The number of amides is 1. The van der Waals surface area contributed by atoms with E-state index < -0.39 is 0 Å². The molecule has 0 aliphatic heterocycles. The zero-order chi connectivity index (χ0) is 16.1. The molecular weight excluding hydrogens is 298 g/mol. The van der Waals surface area contributed by atoms with E-state index in [1.54, 1.807) is 0 Å². The molecule has 5 aliphatic rings. The van der Waals surface area contributed by atoms with Gasteiger partial charge in [-0.1, -0.05) is 6.07 Å². The Labute approximate surface area is 144 Å². The van der Waals surface area contributed by atoms with Crippen LogP contribution in [0.5, 0.6) is 5.75 Å². The molecule has 4 saturated carbocycles. The molecule has 0 unspecified atom stereocenters. The van der Waals surface area contributed by atoms with Gasteiger partial charge >= 0.3 is 0 Å². The van der Waals surface area contributed by atoms with Gasteiger partial charge in [-0.25, -0.2) is 0 Å². The van der Waals surface area contributed by atoms with Crippen molar-refractivity contribution in [1.29, 1.82) is 0 Å². The lowest BCUT2D eigenvalue weighted by Gasteiger charge is -2.56. The molecule has 0 saturated heterocycles. The molecule has 1 N–H and O–H groups in total. The van der Waals surface area contributed by atoms with Gasteiger partial charge in [-0.3, -0.25) is 4.79 Å². The largest absolute Gasteiger partial charge is 0.484 e. The van der Waals surface area contributed by atoms with Gasteiger partial charge in [0.25, 0.3) is 5.91 Å². The van der Waals surface area contributed by atoms with Crippen LogP contribution in [0.15, 0.2) is 18.2 Å². The summed E-state index contributed by atoms with van der Waals surface area (Å²) < 4.78 is 5.79. The first-order valence-electron chi connectivity index (χ1n) is 9.73. The predicted molar refractivity (Wildman–Crippen MR) is 93.0 cm³/mol. The van der Waals surface area contributed by atoms with E-state index in [1.165, 1.54) is 62.5 Å². The van der Waals surface area contributed by atoms with Crippen LogP contribution in [0.1, 0.15) is 56.1 Å². The molecule has 6 rings (SSSR count). The van der Waals surface area contributed by atoms with Crippen LogP contribution in [0.25, 0.3) is 0 Å². The number of hydrogen-bond acceptors (Lipinski definition) is 2. The van der Waals surface area contributed by atoms with E-state index in [4.69, 9.17) is 4.74 Å². The zero-order valence-corrected chi connectivity index (χ0v) is 14.4. The molecule has 128 valence electrons. The first-order chi connectivity index (χ1) is 11.7. The third kappa shape index (κ3) is 2.62. The number of rotatable bonds is 4. The maximum Gasteiger partial charge on any atom is 0.258 e. The lowest BCUT2D eigenvalue weighted by atomic mass is 9.53. The molecule has 3 nitrogen and oxygen atoms in total. The highest BCUT2D eigenvalue weighted by Gasteiger charge is 2.51. The van der Waals surface area contributed by atoms with Crippen molar-refractivity contribution in [3.8, 4) is 5.75 Å². The Balaban J connectivity index is 1.21. The Morgan fingerprint density at radius 1 is 1.04 bits per heavy atom. The third-order valence-electron chi connectivity index (χ3n) is 6.88. The van der Waals surface area contributed by atoms with Crippen molar-refractivity contribution in [2.45, 2.75) is 63.3 Å². The van der Waals surface area contributed by atoms with Crippen LogP contribution >= 0.6 is 0 Å². The normalized spacial score (nSPS) is 35.8. The molecule has 3 heteroatoms. The summed E-state index contributed by atoms with van der Waals surface area (Å²) in [6.07, 6.45) is 11.4. The summed E-state index contributed by atoms with van der Waals surface area (Å²) in [4.78, 5) is 12.5. The number of carbonyl (C=O) groups is 1. The molecule has 1 aromatic carbocycles. The fourth-order valence-electron chi connectivity index (χ4n) is 6.38. The minimum Gasteiger partial charge on any atom is -0.484 e. The zero-order valence-electron chi connectivity index (χ0n) is 14.4. The first kappa shape index (κ1) is 14.8. The van der Waals surface area contributed by atoms with Crippen molar-refractivity contribution in [2.24, 2.45) is 17.8 Å². The summed E-state index contributed by atoms with van der Waals surface area (Å²) in [5, 5.41) is 3.38. The summed E-state index contributed by atoms with van der Waals surface area (Å²) in [6, 6.07) is 6.30. The van der Waals surface area contributed by atoms with Gasteiger partial charge in [0, 0.05) is 5.54 Å². The van der Waals surface area contributed by atoms with Crippen molar-refractivity contribution >= 4 is 5.91 Å². The van der Waals surface area contributed by atoms with E-state index >= 15 is 0 Å². The summed E-state index contributed by atoms with van der Waals surface area (Å²) in [5.41, 5.74) is 2.93. The molecular formula is C21H27NO2.